The first-order valence-corrected chi connectivity index (χ1v) is 7.27. The van der Waals surface area contributed by atoms with Crippen molar-refractivity contribution in [1.29, 1.82) is 0 Å². The highest BCUT2D eigenvalue weighted by Crippen LogP contribution is 2.09. The molecule has 1 aliphatic rings. The van der Waals surface area contributed by atoms with Crippen molar-refractivity contribution in [2.45, 2.75) is 39.5 Å². The molecule has 1 amide bonds. The smallest absolute Gasteiger partial charge is 0.241 e. The third kappa shape index (κ3) is 4.49. The third-order valence-electron chi connectivity index (χ3n) is 3.55. The van der Waals surface area contributed by atoms with Gasteiger partial charge in [-0.2, -0.15) is 5.10 Å². The molecule has 0 aromatic carbocycles. The number of rotatable bonds is 5. The van der Waals surface area contributed by atoms with E-state index in [1.54, 1.807) is 0 Å². The van der Waals surface area contributed by atoms with Gasteiger partial charge < -0.3 is 9.32 Å². The van der Waals surface area contributed by atoms with Crippen molar-refractivity contribution in [3.05, 3.63) is 23.7 Å². The molecule has 1 N–H and O–H groups in total. The van der Waals surface area contributed by atoms with Crippen LogP contribution >= 0.6 is 0 Å². The Hall–Kier alpha value is -1.62. The molecule has 5 nitrogen and oxygen atoms in total. The topological polar surface area (TPSA) is 57.8 Å². The molecule has 0 radical (unpaired) electrons. The van der Waals surface area contributed by atoms with Crippen molar-refractivity contribution < 1.29 is 9.21 Å². The fourth-order valence-corrected chi connectivity index (χ4v) is 2.33. The van der Waals surface area contributed by atoms with Gasteiger partial charge in [0.2, 0.25) is 5.91 Å². The number of hydrazone groups is 1. The molecule has 5 heteroatoms. The number of amides is 1. The van der Waals surface area contributed by atoms with Crippen LogP contribution in [0.25, 0.3) is 0 Å². The zero-order chi connectivity index (χ0) is 14.4. The van der Waals surface area contributed by atoms with Crippen LogP contribution in [0.15, 0.2) is 21.7 Å². The monoisotopic (exact) mass is 277 g/mol. The Labute approximate surface area is 120 Å². The standard InChI is InChI=1S/C15H23N3O2/c1-12-6-7-14(20-12)13(2)16-17-15(19)8-11-18-9-4-3-5-10-18/h6-7H,3-5,8-11H2,1-2H3,(H,17,19)/b16-13+. The predicted octanol–water partition coefficient (Wildman–Crippen LogP) is 2.30. The molecule has 0 saturated carbocycles. The van der Waals surface area contributed by atoms with E-state index >= 15 is 0 Å². The van der Waals surface area contributed by atoms with Crippen LogP contribution < -0.4 is 5.43 Å². The summed E-state index contributed by atoms with van der Waals surface area (Å²) in [4.78, 5) is 14.1. The summed E-state index contributed by atoms with van der Waals surface area (Å²) in [6, 6.07) is 3.74. The highest BCUT2D eigenvalue weighted by Gasteiger charge is 2.11. The van der Waals surface area contributed by atoms with Gasteiger partial charge >= 0.3 is 0 Å². The largest absolute Gasteiger partial charge is 0.460 e. The minimum atomic E-state index is -0.0433. The lowest BCUT2D eigenvalue weighted by Gasteiger charge is -2.25. The second-order valence-corrected chi connectivity index (χ2v) is 5.29. The molecule has 1 aromatic rings. The van der Waals surface area contributed by atoms with Gasteiger partial charge in [0.15, 0.2) is 0 Å². The number of hydrogen-bond acceptors (Lipinski definition) is 4. The molecular weight excluding hydrogens is 254 g/mol. The fraction of sp³-hybridized carbons (Fsp3) is 0.600. The van der Waals surface area contributed by atoms with Crippen molar-refractivity contribution in [2.24, 2.45) is 5.10 Å². The predicted molar refractivity (Wildman–Crippen MR) is 78.7 cm³/mol. The Morgan fingerprint density at radius 1 is 1.35 bits per heavy atom. The minimum Gasteiger partial charge on any atom is -0.460 e. The normalized spacial score (nSPS) is 17.2. The molecule has 110 valence electrons. The second-order valence-electron chi connectivity index (χ2n) is 5.29. The van der Waals surface area contributed by atoms with Crippen molar-refractivity contribution in [2.75, 3.05) is 19.6 Å². The van der Waals surface area contributed by atoms with Gasteiger partial charge in [0.1, 0.15) is 17.2 Å². The number of furan rings is 1. The summed E-state index contributed by atoms with van der Waals surface area (Å²) >= 11 is 0. The van der Waals surface area contributed by atoms with Crippen LogP contribution in [0.4, 0.5) is 0 Å². The Balaban J connectivity index is 1.73. The van der Waals surface area contributed by atoms with Crippen LogP contribution in [0.3, 0.4) is 0 Å². The number of hydrogen-bond donors (Lipinski definition) is 1. The molecule has 1 aliphatic heterocycles. The van der Waals surface area contributed by atoms with E-state index in [2.05, 4.69) is 15.4 Å². The van der Waals surface area contributed by atoms with Gasteiger partial charge in [-0.3, -0.25) is 4.79 Å². The summed E-state index contributed by atoms with van der Waals surface area (Å²) in [6.07, 6.45) is 4.30. The highest BCUT2D eigenvalue weighted by atomic mass is 16.3. The first kappa shape index (κ1) is 14.8. The Morgan fingerprint density at radius 2 is 2.10 bits per heavy atom. The average Bonchev–Trinajstić information content (AvgIpc) is 2.90. The number of piperidine rings is 1. The first-order valence-electron chi connectivity index (χ1n) is 7.27. The maximum absolute atomic E-state index is 11.8. The SMILES string of the molecule is C/C(=N\NC(=O)CCN1CCCCC1)c1ccc(C)o1. The van der Waals surface area contributed by atoms with Crippen molar-refractivity contribution in [3.8, 4) is 0 Å². The van der Waals surface area contributed by atoms with E-state index in [1.807, 2.05) is 26.0 Å². The molecular formula is C15H23N3O2. The van der Waals surface area contributed by atoms with E-state index in [-0.39, 0.29) is 5.91 Å². The molecule has 0 spiro atoms. The minimum absolute atomic E-state index is 0.0433. The van der Waals surface area contributed by atoms with Gasteiger partial charge in [-0.25, -0.2) is 5.43 Å². The zero-order valence-electron chi connectivity index (χ0n) is 12.3. The van der Waals surface area contributed by atoms with Gasteiger partial charge in [-0.1, -0.05) is 6.42 Å². The second kappa shape index (κ2) is 7.24. The van der Waals surface area contributed by atoms with Crippen LogP contribution in [-0.4, -0.2) is 36.2 Å². The van der Waals surface area contributed by atoms with E-state index in [4.69, 9.17) is 4.42 Å². The van der Waals surface area contributed by atoms with Gasteiger partial charge in [0.25, 0.3) is 0 Å². The Morgan fingerprint density at radius 3 is 2.75 bits per heavy atom. The number of aryl methyl sites for hydroxylation is 1. The molecule has 0 aliphatic carbocycles. The summed E-state index contributed by atoms with van der Waals surface area (Å²) in [5, 5.41) is 4.08. The molecule has 0 unspecified atom stereocenters. The lowest BCUT2D eigenvalue weighted by Crippen LogP contribution is -2.33. The van der Waals surface area contributed by atoms with Crippen LogP contribution in [-0.2, 0) is 4.79 Å². The number of likely N-dealkylation sites (tertiary alicyclic amines) is 1. The van der Waals surface area contributed by atoms with E-state index in [1.165, 1.54) is 19.3 Å². The maximum Gasteiger partial charge on any atom is 0.241 e. The Bertz CT molecular complexity index is 473. The number of carbonyl (C=O) groups excluding carboxylic acids is 1. The van der Waals surface area contributed by atoms with Crippen LogP contribution in [0.2, 0.25) is 0 Å². The maximum atomic E-state index is 11.8. The first-order chi connectivity index (χ1) is 9.65. The quantitative estimate of drug-likeness (QED) is 0.663. The van der Waals surface area contributed by atoms with E-state index in [0.29, 0.717) is 17.9 Å². The zero-order valence-corrected chi connectivity index (χ0v) is 12.3. The average molecular weight is 277 g/mol. The molecule has 20 heavy (non-hydrogen) atoms. The molecule has 2 rings (SSSR count). The van der Waals surface area contributed by atoms with Gasteiger partial charge in [-0.05, 0) is 51.9 Å². The van der Waals surface area contributed by atoms with E-state index in [0.717, 1.165) is 25.4 Å². The summed E-state index contributed by atoms with van der Waals surface area (Å²) in [5.74, 6) is 1.49. The molecule has 0 atom stereocenters. The van der Waals surface area contributed by atoms with Crippen molar-refractivity contribution in [3.63, 3.8) is 0 Å². The number of nitrogens with one attached hydrogen (secondary N) is 1. The summed E-state index contributed by atoms with van der Waals surface area (Å²) in [5.41, 5.74) is 3.28. The van der Waals surface area contributed by atoms with E-state index in [9.17, 15) is 4.79 Å². The lowest BCUT2D eigenvalue weighted by atomic mass is 10.1. The third-order valence-corrected chi connectivity index (χ3v) is 3.55. The fourth-order valence-electron chi connectivity index (χ4n) is 2.33. The van der Waals surface area contributed by atoms with Gasteiger partial charge in [0, 0.05) is 13.0 Å². The molecule has 1 aromatic heterocycles. The van der Waals surface area contributed by atoms with Crippen LogP contribution in [0.1, 0.15) is 44.1 Å². The Kier molecular flexibility index (Phi) is 5.35. The highest BCUT2D eigenvalue weighted by molar-refractivity contribution is 5.96. The molecule has 1 saturated heterocycles. The summed E-state index contributed by atoms with van der Waals surface area (Å²) in [6.45, 7) is 6.75. The van der Waals surface area contributed by atoms with Crippen LogP contribution in [0, 0.1) is 6.92 Å². The molecule has 2 heterocycles. The van der Waals surface area contributed by atoms with Gasteiger partial charge in [0.05, 0.1) is 0 Å². The number of carbonyl (C=O) groups is 1. The molecule has 0 bridgehead atoms. The number of nitrogens with zero attached hydrogens (tertiary/aromatic N) is 2. The lowest BCUT2D eigenvalue weighted by molar-refractivity contribution is -0.121. The summed E-state index contributed by atoms with van der Waals surface area (Å²) in [7, 11) is 0. The van der Waals surface area contributed by atoms with Crippen molar-refractivity contribution >= 4 is 11.6 Å². The van der Waals surface area contributed by atoms with Gasteiger partial charge in [-0.15, -0.1) is 0 Å². The van der Waals surface area contributed by atoms with Crippen LogP contribution in [0.5, 0.6) is 0 Å². The summed E-state index contributed by atoms with van der Waals surface area (Å²) < 4.78 is 5.44. The van der Waals surface area contributed by atoms with Crippen molar-refractivity contribution in [1.82, 2.24) is 10.3 Å². The molecule has 1 fully saturated rings. The van der Waals surface area contributed by atoms with E-state index < -0.39 is 0 Å².